The molecule has 0 saturated carbocycles. The van der Waals surface area contributed by atoms with Crippen molar-refractivity contribution >= 4 is 17.7 Å². The molecule has 23 heavy (non-hydrogen) atoms. The monoisotopic (exact) mass is 331 g/mol. The number of piperidine rings is 1. The molecule has 1 aliphatic heterocycles. The van der Waals surface area contributed by atoms with E-state index in [0.29, 0.717) is 11.7 Å². The normalized spacial score (nSPS) is 18.0. The summed E-state index contributed by atoms with van der Waals surface area (Å²) < 4.78 is 5.21. The van der Waals surface area contributed by atoms with Crippen LogP contribution in [-0.4, -0.2) is 46.7 Å². The summed E-state index contributed by atoms with van der Waals surface area (Å²) in [5, 5.41) is 0. The summed E-state index contributed by atoms with van der Waals surface area (Å²) in [5.41, 5.74) is 0. The van der Waals surface area contributed by atoms with Gasteiger partial charge in [0.2, 0.25) is 5.91 Å². The maximum Gasteiger partial charge on any atom is 0.232 e. The van der Waals surface area contributed by atoms with E-state index in [9.17, 15) is 4.79 Å². The van der Waals surface area contributed by atoms with Crippen LogP contribution in [0.2, 0.25) is 0 Å². The van der Waals surface area contributed by atoms with Crippen molar-refractivity contribution in [3.05, 3.63) is 42.5 Å². The Balaban J connectivity index is 1.55. The highest BCUT2D eigenvalue weighted by Crippen LogP contribution is 2.26. The van der Waals surface area contributed by atoms with E-state index in [1.54, 1.807) is 25.1 Å². The van der Waals surface area contributed by atoms with Crippen molar-refractivity contribution in [1.82, 2.24) is 14.9 Å². The molecule has 122 valence electrons. The van der Waals surface area contributed by atoms with Gasteiger partial charge in [-0.05, 0) is 31.0 Å². The number of hydrogen-bond donors (Lipinski definition) is 1. The molecule has 0 bridgehead atoms. The Hall–Kier alpha value is -1.95. The Morgan fingerprint density at radius 3 is 3.22 bits per heavy atom. The van der Waals surface area contributed by atoms with Crippen LogP contribution < -0.4 is 4.74 Å². The Morgan fingerprint density at radius 1 is 1.52 bits per heavy atom. The van der Waals surface area contributed by atoms with Crippen LogP contribution in [0.25, 0.3) is 0 Å². The van der Waals surface area contributed by atoms with E-state index in [2.05, 4.69) is 9.97 Å². The topological polar surface area (TPSA) is 58.2 Å². The van der Waals surface area contributed by atoms with Gasteiger partial charge in [-0.15, -0.1) is 11.8 Å². The molecule has 1 amide bonds. The van der Waals surface area contributed by atoms with Gasteiger partial charge in [0.05, 0.1) is 12.9 Å². The van der Waals surface area contributed by atoms with Crippen molar-refractivity contribution in [2.45, 2.75) is 23.7 Å². The van der Waals surface area contributed by atoms with Gasteiger partial charge in [0, 0.05) is 36.3 Å². The van der Waals surface area contributed by atoms with E-state index < -0.39 is 0 Å². The average Bonchev–Trinajstić information content (AvgIpc) is 3.14. The Labute approximate surface area is 140 Å². The van der Waals surface area contributed by atoms with Gasteiger partial charge in [-0.3, -0.25) is 4.79 Å². The smallest absolute Gasteiger partial charge is 0.232 e. The molecule has 2 heterocycles. The minimum Gasteiger partial charge on any atom is -0.497 e. The molecule has 1 fully saturated rings. The first-order valence-corrected chi connectivity index (χ1v) is 8.78. The van der Waals surface area contributed by atoms with E-state index in [0.717, 1.165) is 42.4 Å². The number of thioether (sulfide) groups is 1. The molecule has 2 aromatic rings. The molecule has 6 heteroatoms. The van der Waals surface area contributed by atoms with Crippen molar-refractivity contribution in [1.29, 1.82) is 0 Å². The lowest BCUT2D eigenvalue weighted by molar-refractivity contribution is -0.129. The van der Waals surface area contributed by atoms with Gasteiger partial charge < -0.3 is 14.6 Å². The number of methoxy groups -OCH3 is 1. The van der Waals surface area contributed by atoms with Crippen LogP contribution in [0.1, 0.15) is 24.6 Å². The van der Waals surface area contributed by atoms with Crippen LogP contribution in [0.3, 0.4) is 0 Å². The van der Waals surface area contributed by atoms with Gasteiger partial charge in [-0.25, -0.2) is 4.98 Å². The molecule has 0 unspecified atom stereocenters. The lowest BCUT2D eigenvalue weighted by atomic mass is 9.97. The molecule has 1 atom stereocenters. The molecule has 1 N–H and O–H groups in total. The Bertz CT molecular complexity index is 645. The lowest BCUT2D eigenvalue weighted by Crippen LogP contribution is -2.40. The number of rotatable bonds is 5. The third-order valence-electron chi connectivity index (χ3n) is 4.08. The predicted octanol–water partition coefficient (Wildman–Crippen LogP) is 2.92. The van der Waals surface area contributed by atoms with Crippen LogP contribution in [0.4, 0.5) is 0 Å². The summed E-state index contributed by atoms with van der Waals surface area (Å²) in [4.78, 5) is 23.0. The largest absolute Gasteiger partial charge is 0.497 e. The zero-order valence-corrected chi connectivity index (χ0v) is 14.0. The number of amides is 1. The quantitative estimate of drug-likeness (QED) is 0.856. The van der Waals surface area contributed by atoms with Crippen molar-refractivity contribution in [3.63, 3.8) is 0 Å². The van der Waals surface area contributed by atoms with Gasteiger partial charge in [-0.2, -0.15) is 0 Å². The molecule has 3 rings (SSSR count). The van der Waals surface area contributed by atoms with E-state index in [-0.39, 0.29) is 5.91 Å². The second kappa shape index (κ2) is 7.55. The number of aromatic amines is 1. The van der Waals surface area contributed by atoms with Gasteiger partial charge in [0.1, 0.15) is 11.6 Å². The molecule has 1 aliphatic rings. The average molecular weight is 331 g/mol. The number of nitrogens with zero attached hydrogens (tertiary/aromatic N) is 2. The van der Waals surface area contributed by atoms with Crippen LogP contribution in [0.15, 0.2) is 41.6 Å². The number of likely N-dealkylation sites (tertiary alicyclic amines) is 1. The Morgan fingerprint density at radius 2 is 2.43 bits per heavy atom. The zero-order valence-electron chi connectivity index (χ0n) is 13.2. The van der Waals surface area contributed by atoms with Crippen LogP contribution in [-0.2, 0) is 4.79 Å². The first-order valence-electron chi connectivity index (χ1n) is 7.80. The first kappa shape index (κ1) is 15.9. The SMILES string of the molecule is COc1cccc(SCC(=O)N2CCC[C@H](c3ncc[nH]3)C2)c1. The Kier molecular flexibility index (Phi) is 5.23. The van der Waals surface area contributed by atoms with E-state index in [1.807, 2.05) is 35.4 Å². The number of H-pyrrole nitrogens is 1. The third-order valence-corrected chi connectivity index (χ3v) is 5.06. The molecule has 0 aliphatic carbocycles. The molecule has 5 nitrogen and oxygen atoms in total. The number of carbonyl (C=O) groups is 1. The highest BCUT2D eigenvalue weighted by molar-refractivity contribution is 8.00. The highest BCUT2D eigenvalue weighted by Gasteiger charge is 2.25. The highest BCUT2D eigenvalue weighted by atomic mass is 32.2. The minimum absolute atomic E-state index is 0.189. The van der Waals surface area contributed by atoms with Crippen LogP contribution in [0, 0.1) is 0 Å². The number of imidazole rings is 1. The van der Waals surface area contributed by atoms with Crippen LogP contribution >= 0.6 is 11.8 Å². The van der Waals surface area contributed by atoms with Gasteiger partial charge >= 0.3 is 0 Å². The van der Waals surface area contributed by atoms with Gasteiger partial charge in [-0.1, -0.05) is 6.07 Å². The summed E-state index contributed by atoms with van der Waals surface area (Å²) in [6.07, 6.45) is 5.73. The fraction of sp³-hybridized carbons (Fsp3) is 0.412. The summed E-state index contributed by atoms with van der Waals surface area (Å²) >= 11 is 1.56. The molecular weight excluding hydrogens is 310 g/mol. The lowest BCUT2D eigenvalue weighted by Gasteiger charge is -2.31. The molecule has 0 spiro atoms. The standard InChI is InChI=1S/C17H21N3O2S/c1-22-14-5-2-6-15(10-14)23-12-16(21)20-9-3-4-13(11-20)17-18-7-8-19-17/h2,5-8,10,13H,3-4,9,11-12H2,1H3,(H,18,19)/t13-/m0/s1. The van der Waals surface area contributed by atoms with Crippen molar-refractivity contribution in [2.75, 3.05) is 26.0 Å². The number of hydrogen-bond acceptors (Lipinski definition) is 4. The second-order valence-corrected chi connectivity index (χ2v) is 6.67. The minimum atomic E-state index is 0.189. The predicted molar refractivity (Wildman–Crippen MR) is 90.9 cm³/mol. The molecule has 1 aromatic heterocycles. The first-order chi connectivity index (χ1) is 11.3. The maximum atomic E-state index is 12.5. The fourth-order valence-corrected chi connectivity index (χ4v) is 3.70. The van der Waals surface area contributed by atoms with Crippen molar-refractivity contribution in [2.24, 2.45) is 0 Å². The number of aromatic nitrogens is 2. The van der Waals surface area contributed by atoms with E-state index in [4.69, 9.17) is 4.74 Å². The summed E-state index contributed by atoms with van der Waals surface area (Å²) in [6, 6.07) is 7.81. The van der Waals surface area contributed by atoms with E-state index in [1.165, 1.54) is 0 Å². The zero-order chi connectivity index (χ0) is 16.1. The van der Waals surface area contributed by atoms with Gasteiger partial charge in [0.15, 0.2) is 0 Å². The fourth-order valence-electron chi connectivity index (χ4n) is 2.85. The van der Waals surface area contributed by atoms with Crippen LogP contribution in [0.5, 0.6) is 5.75 Å². The molecule has 0 radical (unpaired) electrons. The maximum absolute atomic E-state index is 12.5. The third kappa shape index (κ3) is 4.07. The molecular formula is C17H21N3O2S. The van der Waals surface area contributed by atoms with Crippen molar-refractivity contribution < 1.29 is 9.53 Å². The molecule has 1 aromatic carbocycles. The summed E-state index contributed by atoms with van der Waals surface area (Å²) in [5.74, 6) is 2.78. The molecule has 1 saturated heterocycles. The summed E-state index contributed by atoms with van der Waals surface area (Å²) in [6.45, 7) is 1.60. The summed E-state index contributed by atoms with van der Waals surface area (Å²) in [7, 11) is 1.65. The number of nitrogens with one attached hydrogen (secondary N) is 1. The number of ether oxygens (including phenoxy) is 1. The number of carbonyl (C=O) groups excluding carboxylic acids is 1. The second-order valence-electron chi connectivity index (χ2n) is 5.62. The van der Waals surface area contributed by atoms with Gasteiger partial charge in [0.25, 0.3) is 0 Å². The van der Waals surface area contributed by atoms with Crippen molar-refractivity contribution in [3.8, 4) is 5.75 Å². The number of benzene rings is 1. The van der Waals surface area contributed by atoms with E-state index >= 15 is 0 Å².